The van der Waals surface area contributed by atoms with Gasteiger partial charge in [0, 0.05) is 25.3 Å². The van der Waals surface area contributed by atoms with E-state index in [4.69, 9.17) is 0 Å². The van der Waals surface area contributed by atoms with Crippen molar-refractivity contribution in [1.82, 2.24) is 5.32 Å². The normalized spacial score (nSPS) is 13.7. The molecule has 0 heterocycles. The van der Waals surface area contributed by atoms with Gasteiger partial charge in [-0.3, -0.25) is 0 Å². The van der Waals surface area contributed by atoms with Gasteiger partial charge in [0.15, 0.2) is 0 Å². The molecule has 2 rings (SSSR count). The monoisotopic (exact) mass is 286 g/mol. The molecule has 2 atom stereocenters. The fourth-order valence-corrected chi connectivity index (χ4v) is 2.80. The minimum Gasteiger partial charge on any atom is -0.374 e. The van der Waals surface area contributed by atoms with Crippen LogP contribution in [0.1, 0.15) is 18.5 Å². The quantitative estimate of drug-likeness (QED) is 0.867. The Hall–Kier alpha value is -1.87. The molecule has 0 aliphatic carbocycles. The third-order valence-electron chi connectivity index (χ3n) is 3.85. The van der Waals surface area contributed by atoms with Gasteiger partial charge in [-0.15, -0.1) is 0 Å². The van der Waals surface area contributed by atoms with Crippen molar-refractivity contribution in [3.63, 3.8) is 0 Å². The van der Waals surface area contributed by atoms with Crippen molar-refractivity contribution in [2.75, 3.05) is 25.5 Å². The van der Waals surface area contributed by atoms with Gasteiger partial charge in [-0.2, -0.15) is 0 Å². The highest BCUT2D eigenvalue weighted by molar-refractivity contribution is 5.45. The zero-order valence-electron chi connectivity index (χ0n) is 12.9. The maximum absolute atomic E-state index is 13.3. The summed E-state index contributed by atoms with van der Waals surface area (Å²) < 4.78 is 13.3. The Morgan fingerprint density at radius 2 is 1.81 bits per heavy atom. The number of hydrogen-bond acceptors (Lipinski definition) is 2. The van der Waals surface area contributed by atoms with Gasteiger partial charge in [-0.05, 0) is 36.7 Å². The average Bonchev–Trinajstić information content (AvgIpc) is 2.49. The first kappa shape index (κ1) is 15.5. The van der Waals surface area contributed by atoms with Gasteiger partial charge in [0.1, 0.15) is 5.82 Å². The SMILES string of the molecule is CNC(c1ccccc1)C(C)CN(C)c1cccc(F)c1. The molecule has 2 unspecified atom stereocenters. The predicted molar refractivity (Wildman–Crippen MR) is 87.1 cm³/mol. The molecular weight excluding hydrogens is 263 g/mol. The highest BCUT2D eigenvalue weighted by atomic mass is 19.1. The summed E-state index contributed by atoms with van der Waals surface area (Å²) in [6, 6.07) is 17.4. The van der Waals surface area contributed by atoms with E-state index in [9.17, 15) is 4.39 Å². The Morgan fingerprint density at radius 1 is 1.10 bits per heavy atom. The number of halogens is 1. The van der Waals surface area contributed by atoms with Gasteiger partial charge in [0.05, 0.1) is 0 Å². The van der Waals surface area contributed by atoms with Crippen molar-refractivity contribution >= 4 is 5.69 Å². The predicted octanol–water partition coefficient (Wildman–Crippen LogP) is 3.86. The van der Waals surface area contributed by atoms with Gasteiger partial charge in [0.2, 0.25) is 0 Å². The van der Waals surface area contributed by atoms with Crippen LogP contribution < -0.4 is 10.2 Å². The van der Waals surface area contributed by atoms with Crippen LogP contribution in [0.4, 0.5) is 10.1 Å². The Labute approximate surface area is 126 Å². The van der Waals surface area contributed by atoms with Crippen molar-refractivity contribution in [3.8, 4) is 0 Å². The number of nitrogens with zero attached hydrogens (tertiary/aromatic N) is 1. The standard InChI is InChI=1S/C18H23FN2/c1-14(18(20-2)15-8-5-4-6-9-15)13-21(3)17-11-7-10-16(19)12-17/h4-12,14,18,20H,13H2,1-3H3. The van der Waals surface area contributed by atoms with E-state index in [1.807, 2.05) is 26.2 Å². The first-order chi connectivity index (χ1) is 10.1. The fourth-order valence-electron chi connectivity index (χ4n) is 2.80. The van der Waals surface area contributed by atoms with Crippen molar-refractivity contribution < 1.29 is 4.39 Å². The second-order valence-corrected chi connectivity index (χ2v) is 5.51. The number of rotatable bonds is 6. The molecule has 0 saturated carbocycles. The molecule has 0 aromatic heterocycles. The van der Waals surface area contributed by atoms with E-state index in [1.54, 1.807) is 12.1 Å². The molecule has 1 N–H and O–H groups in total. The van der Waals surface area contributed by atoms with Crippen LogP contribution in [0.5, 0.6) is 0 Å². The van der Waals surface area contributed by atoms with Crippen LogP contribution in [0.25, 0.3) is 0 Å². The molecule has 0 aliphatic rings. The third kappa shape index (κ3) is 4.05. The average molecular weight is 286 g/mol. The largest absolute Gasteiger partial charge is 0.374 e. The van der Waals surface area contributed by atoms with Crippen LogP contribution in [0, 0.1) is 11.7 Å². The molecular formula is C18H23FN2. The second-order valence-electron chi connectivity index (χ2n) is 5.51. The van der Waals surface area contributed by atoms with E-state index in [1.165, 1.54) is 11.6 Å². The fraction of sp³-hybridized carbons (Fsp3) is 0.333. The molecule has 112 valence electrons. The number of anilines is 1. The molecule has 2 nitrogen and oxygen atoms in total. The first-order valence-corrected chi connectivity index (χ1v) is 7.30. The van der Waals surface area contributed by atoms with E-state index >= 15 is 0 Å². The summed E-state index contributed by atoms with van der Waals surface area (Å²) in [4.78, 5) is 2.10. The van der Waals surface area contributed by atoms with Crippen LogP contribution in [0.2, 0.25) is 0 Å². The van der Waals surface area contributed by atoms with Crippen molar-refractivity contribution in [3.05, 3.63) is 66.0 Å². The van der Waals surface area contributed by atoms with Gasteiger partial charge < -0.3 is 10.2 Å². The van der Waals surface area contributed by atoms with Crippen LogP contribution in [0.15, 0.2) is 54.6 Å². The van der Waals surface area contributed by atoms with Gasteiger partial charge in [-0.25, -0.2) is 4.39 Å². The van der Waals surface area contributed by atoms with Gasteiger partial charge in [0.25, 0.3) is 0 Å². The van der Waals surface area contributed by atoms with E-state index in [2.05, 4.69) is 41.4 Å². The lowest BCUT2D eigenvalue weighted by molar-refractivity contribution is 0.414. The Kier molecular flexibility index (Phi) is 5.34. The summed E-state index contributed by atoms with van der Waals surface area (Å²) in [6.45, 7) is 3.06. The Balaban J connectivity index is 2.07. The van der Waals surface area contributed by atoms with Crippen molar-refractivity contribution in [2.45, 2.75) is 13.0 Å². The minimum atomic E-state index is -0.194. The molecule has 0 bridgehead atoms. The maximum atomic E-state index is 13.3. The highest BCUT2D eigenvalue weighted by Crippen LogP contribution is 2.24. The maximum Gasteiger partial charge on any atom is 0.125 e. The first-order valence-electron chi connectivity index (χ1n) is 7.30. The molecule has 0 aliphatic heterocycles. The summed E-state index contributed by atoms with van der Waals surface area (Å²) in [7, 11) is 3.99. The summed E-state index contributed by atoms with van der Waals surface area (Å²) in [6.07, 6.45) is 0. The van der Waals surface area contributed by atoms with Crippen molar-refractivity contribution in [2.24, 2.45) is 5.92 Å². The van der Waals surface area contributed by atoms with Crippen LogP contribution >= 0.6 is 0 Å². The molecule has 0 amide bonds. The Bertz CT molecular complexity index is 556. The lowest BCUT2D eigenvalue weighted by atomic mass is 9.94. The molecule has 0 spiro atoms. The minimum absolute atomic E-state index is 0.194. The lowest BCUT2D eigenvalue weighted by Crippen LogP contribution is -2.32. The van der Waals surface area contributed by atoms with E-state index in [0.717, 1.165) is 12.2 Å². The third-order valence-corrected chi connectivity index (χ3v) is 3.85. The van der Waals surface area contributed by atoms with Crippen molar-refractivity contribution in [1.29, 1.82) is 0 Å². The molecule has 3 heteroatoms. The topological polar surface area (TPSA) is 15.3 Å². The van der Waals surface area contributed by atoms with Gasteiger partial charge >= 0.3 is 0 Å². The van der Waals surface area contributed by atoms with E-state index in [0.29, 0.717) is 5.92 Å². The molecule has 2 aromatic rings. The number of hydrogen-bond donors (Lipinski definition) is 1. The summed E-state index contributed by atoms with van der Waals surface area (Å²) in [5.74, 6) is 0.200. The highest BCUT2D eigenvalue weighted by Gasteiger charge is 2.19. The molecule has 2 aromatic carbocycles. The van der Waals surface area contributed by atoms with Crippen LogP contribution in [-0.4, -0.2) is 20.6 Å². The summed E-state index contributed by atoms with van der Waals surface area (Å²) in [5.41, 5.74) is 2.19. The number of nitrogens with one attached hydrogen (secondary N) is 1. The number of benzene rings is 2. The summed E-state index contributed by atoms with van der Waals surface area (Å²) in [5, 5.41) is 3.39. The molecule has 21 heavy (non-hydrogen) atoms. The molecule has 0 radical (unpaired) electrons. The zero-order chi connectivity index (χ0) is 15.2. The second kappa shape index (κ2) is 7.23. The van der Waals surface area contributed by atoms with Crippen LogP contribution in [-0.2, 0) is 0 Å². The summed E-state index contributed by atoms with van der Waals surface area (Å²) >= 11 is 0. The zero-order valence-corrected chi connectivity index (χ0v) is 12.9. The van der Waals surface area contributed by atoms with Crippen LogP contribution in [0.3, 0.4) is 0 Å². The van der Waals surface area contributed by atoms with E-state index in [-0.39, 0.29) is 11.9 Å². The van der Waals surface area contributed by atoms with Gasteiger partial charge in [-0.1, -0.05) is 43.3 Å². The lowest BCUT2D eigenvalue weighted by Gasteiger charge is -2.29. The Morgan fingerprint density at radius 3 is 2.43 bits per heavy atom. The van der Waals surface area contributed by atoms with E-state index < -0.39 is 0 Å². The molecule has 0 saturated heterocycles. The smallest absolute Gasteiger partial charge is 0.125 e. The molecule has 0 fully saturated rings.